The second-order valence-corrected chi connectivity index (χ2v) is 12.1. The van der Waals surface area contributed by atoms with Crippen molar-refractivity contribution in [1.29, 1.82) is 0 Å². The Balaban J connectivity index is 1.55. The number of hydrogen-bond donors (Lipinski definition) is 3. The van der Waals surface area contributed by atoms with Crippen LogP contribution in [0, 0.1) is 0 Å². The zero-order chi connectivity index (χ0) is 34.9. The third kappa shape index (κ3) is 8.78. The van der Waals surface area contributed by atoms with Gasteiger partial charge in [0.15, 0.2) is 11.6 Å². The van der Waals surface area contributed by atoms with Crippen molar-refractivity contribution in [2.24, 2.45) is 10.1 Å². The first-order valence-electron chi connectivity index (χ1n) is 15.3. The van der Waals surface area contributed by atoms with E-state index in [-0.39, 0.29) is 32.0 Å². The zero-order valence-electron chi connectivity index (χ0n) is 26.0. The lowest BCUT2D eigenvalue weighted by Gasteiger charge is -2.32. The van der Waals surface area contributed by atoms with Gasteiger partial charge in [-0.15, -0.1) is 0 Å². The van der Waals surface area contributed by atoms with E-state index >= 15 is 0 Å². The van der Waals surface area contributed by atoms with E-state index in [9.17, 15) is 18.0 Å². The average Bonchev–Trinajstić information content (AvgIpc) is 3.48. The molecule has 0 saturated carbocycles. The molecule has 1 aliphatic rings. The molecule has 4 aromatic carbocycles. The second-order valence-electron chi connectivity index (χ2n) is 11.2. The standard InChI is InChI=1S/C35H32BrF3N6O4/c36-28-13-9-23(10-14-28)20-34(33(47)44-41-21-24-5-3-7-27(19-24)35(37,38)39)31(30-8-2-1-6-26(30)22-42-45-40)49-32(43-34)25-11-15-29(16-12-25)48-18-4-17-46/h1-3,5-16,19,31,41,46H,4,17-18,20-22H2,(H,44,47)/t31-,34-/m0/s1. The highest BCUT2D eigenvalue weighted by Crippen LogP contribution is 2.44. The van der Waals surface area contributed by atoms with Crippen molar-refractivity contribution in [1.82, 2.24) is 10.9 Å². The number of aliphatic hydroxyl groups excluding tert-OH is 1. The van der Waals surface area contributed by atoms with Crippen LogP contribution >= 0.6 is 15.9 Å². The quantitative estimate of drug-likeness (QED) is 0.0408. The number of nitrogens with zero attached hydrogens (tertiary/aromatic N) is 4. The number of aliphatic hydroxyl groups is 1. The molecule has 0 bridgehead atoms. The lowest BCUT2D eigenvalue weighted by Crippen LogP contribution is -2.53. The number of carbonyl (C=O) groups excluding carboxylic acids is 1. The van der Waals surface area contributed by atoms with E-state index in [1.165, 1.54) is 12.1 Å². The molecule has 0 spiro atoms. The van der Waals surface area contributed by atoms with Crippen LogP contribution in [0.3, 0.4) is 0 Å². The maximum Gasteiger partial charge on any atom is 0.416 e. The highest BCUT2D eigenvalue weighted by Gasteiger charge is 2.54. The fourth-order valence-corrected chi connectivity index (χ4v) is 5.67. The highest BCUT2D eigenvalue weighted by atomic mass is 79.9. The summed E-state index contributed by atoms with van der Waals surface area (Å²) in [6.07, 6.45) is -4.97. The molecule has 254 valence electrons. The van der Waals surface area contributed by atoms with E-state index in [4.69, 9.17) is 25.1 Å². The SMILES string of the molecule is [N-]=[N+]=NCc1ccccc1[C@@H]1OC(c2ccc(OCCCO)cc2)=N[C@]1(Cc1ccc(Br)cc1)C(=O)NNCc1cccc(C(F)(F)F)c1. The monoisotopic (exact) mass is 736 g/mol. The number of alkyl halides is 3. The third-order valence-electron chi connectivity index (χ3n) is 7.81. The Morgan fingerprint density at radius 3 is 2.51 bits per heavy atom. The smallest absolute Gasteiger partial charge is 0.416 e. The van der Waals surface area contributed by atoms with Crippen LogP contribution in [0.2, 0.25) is 0 Å². The minimum absolute atomic E-state index is 0.00256. The first-order chi connectivity index (χ1) is 23.6. The third-order valence-corrected chi connectivity index (χ3v) is 8.34. The van der Waals surface area contributed by atoms with E-state index in [0.717, 1.165) is 22.2 Å². The molecule has 3 N–H and O–H groups in total. The van der Waals surface area contributed by atoms with Crippen molar-refractivity contribution >= 4 is 27.7 Å². The van der Waals surface area contributed by atoms with Crippen molar-refractivity contribution in [3.63, 3.8) is 0 Å². The number of azide groups is 1. The number of hydrogen-bond acceptors (Lipinski definition) is 7. The molecule has 0 aliphatic carbocycles. The number of nitrogens with one attached hydrogen (secondary N) is 2. The van der Waals surface area contributed by atoms with Crippen LogP contribution in [-0.4, -0.2) is 35.7 Å². The molecule has 14 heteroatoms. The lowest BCUT2D eigenvalue weighted by atomic mass is 9.81. The molecule has 0 aromatic heterocycles. The molecule has 10 nitrogen and oxygen atoms in total. The summed E-state index contributed by atoms with van der Waals surface area (Å²) in [4.78, 5) is 22.3. The molecule has 2 atom stereocenters. The highest BCUT2D eigenvalue weighted by molar-refractivity contribution is 9.10. The van der Waals surface area contributed by atoms with Gasteiger partial charge in [-0.2, -0.15) is 13.2 Å². The summed E-state index contributed by atoms with van der Waals surface area (Å²) in [5, 5.41) is 12.8. The van der Waals surface area contributed by atoms with E-state index < -0.39 is 29.3 Å². The fourth-order valence-electron chi connectivity index (χ4n) is 5.41. The van der Waals surface area contributed by atoms with Gasteiger partial charge in [0.25, 0.3) is 5.91 Å². The molecule has 0 saturated heterocycles. The van der Waals surface area contributed by atoms with Gasteiger partial charge in [0, 0.05) is 40.9 Å². The number of hydrazine groups is 1. The van der Waals surface area contributed by atoms with Gasteiger partial charge >= 0.3 is 6.18 Å². The maximum absolute atomic E-state index is 14.5. The molecule has 0 fully saturated rings. The van der Waals surface area contributed by atoms with Gasteiger partial charge in [-0.05, 0) is 70.2 Å². The van der Waals surface area contributed by atoms with Gasteiger partial charge < -0.3 is 14.6 Å². The van der Waals surface area contributed by atoms with Crippen LogP contribution in [0.25, 0.3) is 10.4 Å². The Morgan fingerprint density at radius 2 is 1.80 bits per heavy atom. The van der Waals surface area contributed by atoms with Crippen molar-refractivity contribution in [2.75, 3.05) is 13.2 Å². The number of ether oxygens (including phenoxy) is 2. The summed E-state index contributed by atoms with van der Waals surface area (Å²) in [7, 11) is 0. The molecule has 5 rings (SSSR count). The van der Waals surface area contributed by atoms with Crippen molar-refractivity contribution < 1.29 is 32.5 Å². The van der Waals surface area contributed by atoms with Crippen LogP contribution in [-0.2, 0) is 35.2 Å². The van der Waals surface area contributed by atoms with E-state index in [2.05, 4.69) is 36.8 Å². The Kier molecular flexibility index (Phi) is 11.6. The number of carbonyl (C=O) groups is 1. The molecule has 1 amide bonds. The Morgan fingerprint density at radius 1 is 1.04 bits per heavy atom. The Labute approximate surface area is 288 Å². The number of rotatable bonds is 14. The van der Waals surface area contributed by atoms with Crippen LogP contribution < -0.4 is 15.6 Å². The van der Waals surface area contributed by atoms with Crippen molar-refractivity contribution in [3.05, 3.63) is 145 Å². The first kappa shape index (κ1) is 35.4. The number of benzene rings is 4. The molecular formula is C35H32BrF3N6O4. The predicted octanol–water partition coefficient (Wildman–Crippen LogP) is 7.36. The lowest BCUT2D eigenvalue weighted by molar-refractivity contribution is -0.137. The fraction of sp³-hybridized carbons (Fsp3) is 0.257. The van der Waals surface area contributed by atoms with Crippen LogP contribution in [0.1, 0.15) is 45.9 Å². The van der Waals surface area contributed by atoms with Crippen molar-refractivity contribution in [2.45, 2.75) is 43.8 Å². The van der Waals surface area contributed by atoms with Crippen LogP contribution in [0.5, 0.6) is 5.75 Å². The zero-order valence-corrected chi connectivity index (χ0v) is 27.6. The van der Waals surface area contributed by atoms with Crippen molar-refractivity contribution in [3.8, 4) is 5.75 Å². The Bertz CT molecular complexity index is 1830. The molecule has 0 unspecified atom stereocenters. The number of amides is 1. The molecule has 1 heterocycles. The topological polar surface area (TPSA) is 141 Å². The summed E-state index contributed by atoms with van der Waals surface area (Å²) in [5.74, 6) is 0.158. The summed E-state index contributed by atoms with van der Waals surface area (Å²) in [6, 6.07) is 26.3. The van der Waals surface area contributed by atoms with E-state index in [0.29, 0.717) is 41.0 Å². The van der Waals surface area contributed by atoms with Gasteiger partial charge in [-0.25, -0.2) is 10.4 Å². The van der Waals surface area contributed by atoms with E-state index in [1.807, 2.05) is 24.3 Å². The largest absolute Gasteiger partial charge is 0.494 e. The normalized spacial score (nSPS) is 17.1. The van der Waals surface area contributed by atoms with Gasteiger partial charge in [0.1, 0.15) is 5.75 Å². The molecule has 0 radical (unpaired) electrons. The molecule has 1 aliphatic heterocycles. The van der Waals surface area contributed by atoms with Gasteiger partial charge in [-0.1, -0.05) is 75.6 Å². The molecule has 4 aromatic rings. The van der Waals surface area contributed by atoms with Crippen LogP contribution in [0.15, 0.2) is 112 Å². The minimum atomic E-state index is -4.51. The summed E-state index contributed by atoms with van der Waals surface area (Å²) >= 11 is 3.45. The molecule has 49 heavy (non-hydrogen) atoms. The second kappa shape index (κ2) is 16.0. The van der Waals surface area contributed by atoms with Gasteiger partial charge in [0.2, 0.25) is 5.90 Å². The summed E-state index contributed by atoms with van der Waals surface area (Å²) in [6.45, 7) is 0.229. The number of aliphatic imine (C=N–C) groups is 1. The summed E-state index contributed by atoms with van der Waals surface area (Å²) in [5.41, 5.74) is 14.9. The maximum atomic E-state index is 14.5. The van der Waals surface area contributed by atoms with E-state index in [1.54, 1.807) is 48.5 Å². The first-order valence-corrected chi connectivity index (χ1v) is 16.1. The van der Waals surface area contributed by atoms with Gasteiger partial charge in [-0.3, -0.25) is 10.2 Å². The van der Waals surface area contributed by atoms with Crippen LogP contribution in [0.4, 0.5) is 13.2 Å². The average molecular weight is 738 g/mol. The number of halogens is 4. The predicted molar refractivity (Wildman–Crippen MR) is 180 cm³/mol. The molecular weight excluding hydrogens is 705 g/mol. The van der Waals surface area contributed by atoms with Gasteiger partial charge in [0.05, 0.1) is 18.7 Å². The minimum Gasteiger partial charge on any atom is -0.494 e. The Hall–Kier alpha value is -4.88. The summed E-state index contributed by atoms with van der Waals surface area (Å²) < 4.78 is 53.0.